The molecule has 96 valence electrons. The molecule has 1 heterocycles. The topological polar surface area (TPSA) is 12.0 Å². The van der Waals surface area contributed by atoms with E-state index in [1.165, 1.54) is 12.1 Å². The van der Waals surface area contributed by atoms with E-state index < -0.39 is 0 Å². The molecule has 0 fully saturated rings. The van der Waals surface area contributed by atoms with Crippen molar-refractivity contribution in [1.82, 2.24) is 5.32 Å². The number of benzene rings is 1. The van der Waals surface area contributed by atoms with Crippen molar-refractivity contribution in [3.05, 3.63) is 55.4 Å². The maximum atomic E-state index is 13.4. The van der Waals surface area contributed by atoms with Crippen LogP contribution in [0.2, 0.25) is 5.02 Å². The molecule has 1 atom stereocenters. The molecule has 0 bridgehead atoms. The van der Waals surface area contributed by atoms with Gasteiger partial charge in [-0.3, -0.25) is 0 Å². The minimum absolute atomic E-state index is 0.0745. The second kappa shape index (κ2) is 6.15. The Kier molecular flexibility index (Phi) is 4.78. The highest BCUT2D eigenvalue weighted by atomic mass is 79.9. The number of thiophene rings is 1. The average molecular weight is 349 g/mol. The van der Waals surface area contributed by atoms with Crippen LogP contribution in [0.25, 0.3) is 0 Å². The quantitative estimate of drug-likeness (QED) is 0.819. The Morgan fingerprint density at radius 3 is 2.78 bits per heavy atom. The lowest BCUT2D eigenvalue weighted by Crippen LogP contribution is -2.21. The molecule has 0 radical (unpaired) electrons. The summed E-state index contributed by atoms with van der Waals surface area (Å²) in [4.78, 5) is 1.11. The van der Waals surface area contributed by atoms with Gasteiger partial charge < -0.3 is 5.32 Å². The number of rotatable bonds is 4. The van der Waals surface area contributed by atoms with Crippen molar-refractivity contribution in [2.75, 3.05) is 6.54 Å². The fourth-order valence-electron chi connectivity index (χ4n) is 1.79. The van der Waals surface area contributed by atoms with Crippen LogP contribution in [-0.2, 0) is 0 Å². The van der Waals surface area contributed by atoms with Gasteiger partial charge in [-0.1, -0.05) is 18.5 Å². The summed E-state index contributed by atoms with van der Waals surface area (Å²) in [6, 6.07) is 8.39. The van der Waals surface area contributed by atoms with Gasteiger partial charge in [0.1, 0.15) is 5.82 Å². The van der Waals surface area contributed by atoms with Crippen LogP contribution in [-0.4, -0.2) is 6.54 Å². The standard InChI is InChI=1S/C13H12BrClFNS/c1-2-17-13(11-5-6-12(14)18-11)9-7-8(16)3-4-10(9)15/h3-7,13,17H,2H2,1H3. The van der Waals surface area contributed by atoms with Crippen LogP contribution in [0, 0.1) is 5.82 Å². The molecule has 0 aliphatic carbocycles. The summed E-state index contributed by atoms with van der Waals surface area (Å²) in [7, 11) is 0. The van der Waals surface area contributed by atoms with E-state index in [1.807, 2.05) is 19.1 Å². The first kappa shape index (κ1) is 14.0. The Bertz CT molecular complexity index is 544. The fraction of sp³-hybridized carbons (Fsp3) is 0.231. The molecule has 0 spiro atoms. The normalized spacial score (nSPS) is 12.7. The molecule has 0 saturated carbocycles. The highest BCUT2D eigenvalue weighted by Crippen LogP contribution is 2.34. The minimum atomic E-state index is -0.270. The van der Waals surface area contributed by atoms with E-state index in [4.69, 9.17) is 11.6 Å². The van der Waals surface area contributed by atoms with Crippen LogP contribution in [0.1, 0.15) is 23.4 Å². The molecule has 18 heavy (non-hydrogen) atoms. The third-order valence-corrected chi connectivity index (χ3v) is 4.59. The molecule has 1 N–H and O–H groups in total. The Balaban J connectivity index is 2.44. The highest BCUT2D eigenvalue weighted by Gasteiger charge is 2.18. The largest absolute Gasteiger partial charge is 0.306 e. The van der Waals surface area contributed by atoms with Crippen LogP contribution >= 0.6 is 38.9 Å². The minimum Gasteiger partial charge on any atom is -0.306 e. The van der Waals surface area contributed by atoms with Gasteiger partial charge in [0.25, 0.3) is 0 Å². The smallest absolute Gasteiger partial charge is 0.123 e. The first-order chi connectivity index (χ1) is 8.61. The first-order valence-electron chi connectivity index (χ1n) is 5.55. The summed E-state index contributed by atoms with van der Waals surface area (Å²) in [6.07, 6.45) is 0. The molecule has 1 nitrogen and oxygen atoms in total. The number of hydrogen-bond donors (Lipinski definition) is 1. The molecule has 0 aliphatic rings. The lowest BCUT2D eigenvalue weighted by Gasteiger charge is -2.18. The lowest BCUT2D eigenvalue weighted by molar-refractivity contribution is 0.607. The maximum Gasteiger partial charge on any atom is 0.123 e. The molecule has 0 saturated heterocycles. The van der Waals surface area contributed by atoms with Gasteiger partial charge in [-0.15, -0.1) is 11.3 Å². The second-order valence-electron chi connectivity index (χ2n) is 3.80. The zero-order valence-corrected chi connectivity index (χ0v) is 12.9. The predicted molar refractivity (Wildman–Crippen MR) is 78.9 cm³/mol. The molecule has 5 heteroatoms. The summed E-state index contributed by atoms with van der Waals surface area (Å²) in [5.74, 6) is -0.270. The molecule has 2 rings (SSSR count). The van der Waals surface area contributed by atoms with Crippen LogP contribution < -0.4 is 5.32 Å². The summed E-state index contributed by atoms with van der Waals surface area (Å²) >= 11 is 11.2. The predicted octanol–water partition coefficient (Wildman–Crippen LogP) is 5.00. The van der Waals surface area contributed by atoms with E-state index in [9.17, 15) is 4.39 Å². The second-order valence-corrected chi connectivity index (χ2v) is 6.70. The van der Waals surface area contributed by atoms with Crippen molar-refractivity contribution in [3.63, 3.8) is 0 Å². The molecule has 0 amide bonds. The van der Waals surface area contributed by atoms with Gasteiger partial charge in [-0.2, -0.15) is 0 Å². The van der Waals surface area contributed by atoms with E-state index in [0.29, 0.717) is 5.02 Å². The third kappa shape index (κ3) is 3.12. The molecule has 0 aliphatic heterocycles. The fourth-order valence-corrected chi connectivity index (χ4v) is 3.53. The van der Waals surface area contributed by atoms with E-state index in [2.05, 4.69) is 21.2 Å². The molecule has 2 aromatic rings. The van der Waals surface area contributed by atoms with Crippen molar-refractivity contribution < 1.29 is 4.39 Å². The zero-order valence-electron chi connectivity index (χ0n) is 9.71. The van der Waals surface area contributed by atoms with Gasteiger partial charge in [0.05, 0.1) is 9.83 Å². The van der Waals surface area contributed by atoms with E-state index in [0.717, 1.165) is 20.8 Å². The Hall–Kier alpha value is -0.420. The first-order valence-corrected chi connectivity index (χ1v) is 7.54. The third-order valence-electron chi connectivity index (χ3n) is 2.56. The summed E-state index contributed by atoms with van der Waals surface area (Å²) in [6.45, 7) is 2.80. The lowest BCUT2D eigenvalue weighted by atomic mass is 10.1. The van der Waals surface area contributed by atoms with E-state index in [-0.39, 0.29) is 11.9 Å². The van der Waals surface area contributed by atoms with E-state index in [1.54, 1.807) is 17.4 Å². The number of nitrogens with one attached hydrogen (secondary N) is 1. The summed E-state index contributed by atoms with van der Waals surface area (Å²) in [5, 5.41) is 3.91. The number of halogens is 3. The van der Waals surface area contributed by atoms with Crippen LogP contribution in [0.5, 0.6) is 0 Å². The van der Waals surface area contributed by atoms with Gasteiger partial charge >= 0.3 is 0 Å². The van der Waals surface area contributed by atoms with Gasteiger partial charge in [0, 0.05) is 9.90 Å². The summed E-state index contributed by atoms with van der Waals surface area (Å²) in [5.41, 5.74) is 0.771. The van der Waals surface area contributed by atoms with Gasteiger partial charge in [0.2, 0.25) is 0 Å². The Labute approximate surface area is 123 Å². The molecule has 1 aromatic carbocycles. The van der Waals surface area contributed by atoms with Gasteiger partial charge in [0.15, 0.2) is 0 Å². The van der Waals surface area contributed by atoms with Crippen molar-refractivity contribution in [1.29, 1.82) is 0 Å². The number of hydrogen-bond acceptors (Lipinski definition) is 2. The van der Waals surface area contributed by atoms with E-state index >= 15 is 0 Å². The Morgan fingerprint density at radius 2 is 2.17 bits per heavy atom. The molecular formula is C13H12BrClFNS. The molecule has 1 aromatic heterocycles. The molecular weight excluding hydrogens is 337 g/mol. The molecule has 1 unspecified atom stereocenters. The van der Waals surface area contributed by atoms with Crippen molar-refractivity contribution in [2.45, 2.75) is 13.0 Å². The van der Waals surface area contributed by atoms with Crippen LogP contribution in [0.15, 0.2) is 34.1 Å². The van der Waals surface area contributed by atoms with Crippen molar-refractivity contribution >= 4 is 38.9 Å². The van der Waals surface area contributed by atoms with Crippen molar-refractivity contribution in [2.24, 2.45) is 0 Å². The van der Waals surface area contributed by atoms with Crippen LogP contribution in [0.3, 0.4) is 0 Å². The maximum absolute atomic E-state index is 13.4. The monoisotopic (exact) mass is 347 g/mol. The van der Waals surface area contributed by atoms with Gasteiger partial charge in [-0.25, -0.2) is 4.39 Å². The zero-order chi connectivity index (χ0) is 13.1. The van der Waals surface area contributed by atoms with Gasteiger partial charge in [-0.05, 0) is 58.4 Å². The average Bonchev–Trinajstić information content (AvgIpc) is 2.76. The summed E-state index contributed by atoms with van der Waals surface area (Å²) < 4.78 is 14.4. The Morgan fingerprint density at radius 1 is 1.39 bits per heavy atom. The highest BCUT2D eigenvalue weighted by molar-refractivity contribution is 9.11. The van der Waals surface area contributed by atoms with Crippen molar-refractivity contribution in [3.8, 4) is 0 Å². The SMILES string of the molecule is CCNC(c1ccc(Br)s1)c1cc(F)ccc1Cl. The van der Waals surface area contributed by atoms with Crippen LogP contribution in [0.4, 0.5) is 4.39 Å².